The van der Waals surface area contributed by atoms with E-state index in [9.17, 15) is 4.79 Å². The van der Waals surface area contributed by atoms with Crippen molar-refractivity contribution in [3.05, 3.63) is 101 Å². The molecule has 0 bridgehead atoms. The number of aryl methyl sites for hydroxylation is 2. The Morgan fingerprint density at radius 2 is 1.38 bits per heavy atom. The Labute approximate surface area is 153 Å². The van der Waals surface area contributed by atoms with Crippen molar-refractivity contribution in [2.75, 3.05) is 6.61 Å². The van der Waals surface area contributed by atoms with Crippen molar-refractivity contribution in [2.24, 2.45) is 0 Å². The molecule has 3 nitrogen and oxygen atoms in total. The molecule has 3 aromatic carbocycles. The fraction of sp³-hybridized carbons (Fsp3) is 0.174. The van der Waals surface area contributed by atoms with Crippen molar-refractivity contribution in [2.45, 2.75) is 19.3 Å². The zero-order chi connectivity index (χ0) is 18.2. The monoisotopic (exact) mass is 346 g/mol. The summed E-state index contributed by atoms with van der Waals surface area (Å²) in [6.45, 7) is 0.564. The molecule has 26 heavy (non-hydrogen) atoms. The van der Waals surface area contributed by atoms with Gasteiger partial charge in [0.2, 0.25) is 0 Å². The Morgan fingerprint density at radius 1 is 0.731 bits per heavy atom. The molecule has 0 aliphatic carbocycles. The molecule has 0 saturated carbocycles. The molecule has 0 saturated heterocycles. The number of carboxylic acid groups (broad SMARTS) is 1. The highest BCUT2D eigenvalue weighted by Crippen LogP contribution is 2.20. The topological polar surface area (TPSA) is 46.5 Å². The molecule has 3 aromatic rings. The fourth-order valence-electron chi connectivity index (χ4n) is 2.87. The van der Waals surface area contributed by atoms with Gasteiger partial charge in [-0.2, -0.15) is 0 Å². The van der Waals surface area contributed by atoms with Crippen LogP contribution in [0.3, 0.4) is 0 Å². The maximum atomic E-state index is 10.9. The molecule has 132 valence electrons. The predicted molar refractivity (Wildman–Crippen MR) is 103 cm³/mol. The summed E-state index contributed by atoms with van der Waals surface area (Å²) in [6.07, 6.45) is 2.66. The van der Waals surface area contributed by atoms with Crippen molar-refractivity contribution < 1.29 is 14.6 Å². The number of ether oxygens (including phenoxy) is 1. The van der Waals surface area contributed by atoms with Crippen molar-refractivity contribution in [3.8, 4) is 5.75 Å². The molecule has 0 heterocycles. The SMILES string of the molecule is O=C(O)c1ccc(CCOc2ccccc2CCc2ccccc2)cc1. The Balaban J connectivity index is 1.55. The lowest BCUT2D eigenvalue weighted by Gasteiger charge is -2.12. The normalized spacial score (nSPS) is 10.5. The van der Waals surface area contributed by atoms with E-state index in [1.165, 1.54) is 11.1 Å². The average Bonchev–Trinajstić information content (AvgIpc) is 2.68. The van der Waals surface area contributed by atoms with E-state index in [0.717, 1.165) is 30.6 Å². The van der Waals surface area contributed by atoms with Gasteiger partial charge in [0.1, 0.15) is 5.75 Å². The van der Waals surface area contributed by atoms with E-state index >= 15 is 0 Å². The van der Waals surface area contributed by atoms with Crippen LogP contribution in [0.25, 0.3) is 0 Å². The summed E-state index contributed by atoms with van der Waals surface area (Å²) in [5.41, 5.74) is 3.90. The first-order valence-corrected chi connectivity index (χ1v) is 8.79. The van der Waals surface area contributed by atoms with Gasteiger partial charge in [0.25, 0.3) is 0 Å². The summed E-state index contributed by atoms with van der Waals surface area (Å²) >= 11 is 0. The second kappa shape index (κ2) is 8.86. The first-order chi connectivity index (χ1) is 12.7. The second-order valence-electron chi connectivity index (χ2n) is 6.19. The third-order valence-electron chi connectivity index (χ3n) is 4.35. The first-order valence-electron chi connectivity index (χ1n) is 8.79. The number of aromatic carboxylic acids is 1. The second-order valence-corrected chi connectivity index (χ2v) is 6.19. The number of carboxylic acids is 1. The standard InChI is InChI=1S/C23H22O3/c24-23(25)21-14-11-19(12-15-21)16-17-26-22-9-5-4-8-20(22)13-10-18-6-2-1-3-7-18/h1-9,11-12,14-15H,10,13,16-17H2,(H,24,25). The van der Waals surface area contributed by atoms with Gasteiger partial charge in [0.15, 0.2) is 0 Å². The summed E-state index contributed by atoms with van der Waals surface area (Å²) in [4.78, 5) is 10.9. The molecule has 0 amide bonds. The van der Waals surface area contributed by atoms with Crippen LogP contribution in [0.4, 0.5) is 0 Å². The Morgan fingerprint density at radius 3 is 2.12 bits per heavy atom. The molecule has 0 fully saturated rings. The highest BCUT2D eigenvalue weighted by molar-refractivity contribution is 5.87. The molecule has 1 N–H and O–H groups in total. The van der Waals surface area contributed by atoms with Gasteiger partial charge in [0.05, 0.1) is 12.2 Å². The average molecular weight is 346 g/mol. The maximum absolute atomic E-state index is 10.9. The molecule has 0 spiro atoms. The Bertz CT molecular complexity index is 839. The third kappa shape index (κ3) is 4.96. The van der Waals surface area contributed by atoms with Crippen LogP contribution in [0.5, 0.6) is 5.75 Å². The molecule has 0 aromatic heterocycles. The molecule has 0 aliphatic rings. The molecule has 0 aliphatic heterocycles. The summed E-state index contributed by atoms with van der Waals surface area (Å²) in [6, 6.07) is 25.5. The van der Waals surface area contributed by atoms with Crippen molar-refractivity contribution in [1.29, 1.82) is 0 Å². The third-order valence-corrected chi connectivity index (χ3v) is 4.35. The highest BCUT2D eigenvalue weighted by atomic mass is 16.5. The zero-order valence-electron chi connectivity index (χ0n) is 14.6. The van der Waals surface area contributed by atoms with Gasteiger partial charge in [-0.15, -0.1) is 0 Å². The van der Waals surface area contributed by atoms with Gasteiger partial charge in [-0.3, -0.25) is 0 Å². The van der Waals surface area contributed by atoms with Crippen LogP contribution in [-0.2, 0) is 19.3 Å². The van der Waals surface area contributed by atoms with E-state index in [-0.39, 0.29) is 0 Å². The van der Waals surface area contributed by atoms with E-state index in [4.69, 9.17) is 9.84 Å². The molecular weight excluding hydrogens is 324 g/mol. The maximum Gasteiger partial charge on any atom is 0.335 e. The fourth-order valence-corrected chi connectivity index (χ4v) is 2.87. The lowest BCUT2D eigenvalue weighted by molar-refractivity contribution is 0.0697. The smallest absolute Gasteiger partial charge is 0.335 e. The number of para-hydroxylation sites is 1. The van der Waals surface area contributed by atoms with E-state index in [2.05, 4.69) is 30.3 Å². The number of benzene rings is 3. The quantitative estimate of drug-likeness (QED) is 0.638. The highest BCUT2D eigenvalue weighted by Gasteiger charge is 2.05. The van der Waals surface area contributed by atoms with Crippen molar-refractivity contribution in [3.63, 3.8) is 0 Å². The number of hydrogen-bond acceptors (Lipinski definition) is 2. The van der Waals surface area contributed by atoms with Gasteiger partial charge in [-0.25, -0.2) is 4.79 Å². The molecule has 3 rings (SSSR count). The lowest BCUT2D eigenvalue weighted by Crippen LogP contribution is -2.04. The predicted octanol–water partition coefficient (Wildman–Crippen LogP) is 4.79. The van der Waals surface area contributed by atoms with Crippen LogP contribution >= 0.6 is 0 Å². The van der Waals surface area contributed by atoms with Gasteiger partial charge >= 0.3 is 5.97 Å². The van der Waals surface area contributed by atoms with Gasteiger partial charge in [0, 0.05) is 6.42 Å². The summed E-state index contributed by atoms with van der Waals surface area (Å²) in [5, 5.41) is 8.94. The summed E-state index contributed by atoms with van der Waals surface area (Å²) in [5.74, 6) is 0.0192. The van der Waals surface area contributed by atoms with Crippen LogP contribution in [0, 0.1) is 0 Å². The van der Waals surface area contributed by atoms with Crippen molar-refractivity contribution >= 4 is 5.97 Å². The van der Waals surface area contributed by atoms with Crippen LogP contribution < -0.4 is 4.74 Å². The van der Waals surface area contributed by atoms with E-state index in [0.29, 0.717) is 12.2 Å². The summed E-state index contributed by atoms with van der Waals surface area (Å²) < 4.78 is 5.99. The number of rotatable bonds is 8. The van der Waals surface area contributed by atoms with Gasteiger partial charge in [-0.05, 0) is 47.7 Å². The summed E-state index contributed by atoms with van der Waals surface area (Å²) in [7, 11) is 0. The van der Waals surface area contributed by atoms with Gasteiger partial charge in [-0.1, -0.05) is 60.7 Å². The Hall–Kier alpha value is -3.07. The number of carbonyl (C=O) groups is 1. The molecular formula is C23H22O3. The zero-order valence-corrected chi connectivity index (χ0v) is 14.6. The van der Waals surface area contributed by atoms with Crippen LogP contribution in [-0.4, -0.2) is 17.7 Å². The molecule has 0 radical (unpaired) electrons. The molecule has 0 atom stereocenters. The van der Waals surface area contributed by atoms with E-state index in [1.54, 1.807) is 12.1 Å². The molecule has 3 heteroatoms. The first kappa shape index (κ1) is 17.7. The number of hydrogen-bond donors (Lipinski definition) is 1. The largest absolute Gasteiger partial charge is 0.493 e. The van der Waals surface area contributed by atoms with E-state index < -0.39 is 5.97 Å². The molecule has 0 unspecified atom stereocenters. The van der Waals surface area contributed by atoms with E-state index in [1.807, 2.05) is 36.4 Å². The van der Waals surface area contributed by atoms with Crippen LogP contribution in [0.15, 0.2) is 78.9 Å². The lowest BCUT2D eigenvalue weighted by atomic mass is 10.0. The van der Waals surface area contributed by atoms with Gasteiger partial charge < -0.3 is 9.84 Å². The minimum atomic E-state index is -0.903. The van der Waals surface area contributed by atoms with Crippen molar-refractivity contribution in [1.82, 2.24) is 0 Å². The van der Waals surface area contributed by atoms with Crippen LogP contribution in [0.2, 0.25) is 0 Å². The minimum Gasteiger partial charge on any atom is -0.493 e. The minimum absolute atomic E-state index is 0.306. The van der Waals surface area contributed by atoms with Crippen LogP contribution in [0.1, 0.15) is 27.0 Å². The Kier molecular flexibility index (Phi) is 6.05.